The van der Waals surface area contributed by atoms with Crippen LogP contribution in [-0.2, 0) is 9.47 Å². The first-order valence-corrected chi connectivity index (χ1v) is 6.66. The molecular formula is C15H19NO6. The van der Waals surface area contributed by atoms with Crippen LogP contribution in [0, 0.1) is 0 Å². The molecule has 22 heavy (non-hydrogen) atoms. The number of aromatic carboxylic acids is 1. The number of amides is 1. The largest absolute Gasteiger partial charge is 0.478 e. The standard InChI is InChI=1S/C15H19NO6/c1-15(2,3)22-14(20)16-7-8-21-13(19)11-6-4-5-10(9-11)12(17)18/h4-6,9H,7-8H2,1-3H3,(H,16,20)(H,17,18). The van der Waals surface area contributed by atoms with Gasteiger partial charge in [0.2, 0.25) is 0 Å². The molecule has 120 valence electrons. The summed E-state index contributed by atoms with van der Waals surface area (Å²) in [6.45, 7) is 5.26. The lowest BCUT2D eigenvalue weighted by atomic mass is 10.1. The molecule has 7 nitrogen and oxygen atoms in total. The molecule has 0 spiro atoms. The molecule has 1 rings (SSSR count). The Hall–Kier alpha value is -2.57. The third-order valence-electron chi connectivity index (χ3n) is 2.35. The number of hydrogen-bond acceptors (Lipinski definition) is 5. The quantitative estimate of drug-likeness (QED) is 0.637. The summed E-state index contributed by atoms with van der Waals surface area (Å²) in [7, 11) is 0. The maximum Gasteiger partial charge on any atom is 0.407 e. The zero-order valence-corrected chi connectivity index (χ0v) is 12.7. The van der Waals surface area contributed by atoms with Crippen molar-refractivity contribution in [2.75, 3.05) is 13.2 Å². The number of benzene rings is 1. The van der Waals surface area contributed by atoms with Gasteiger partial charge in [0.1, 0.15) is 12.2 Å². The minimum Gasteiger partial charge on any atom is -0.478 e. The molecule has 0 atom stereocenters. The molecular weight excluding hydrogens is 290 g/mol. The summed E-state index contributed by atoms with van der Waals surface area (Å²) in [5, 5.41) is 11.3. The van der Waals surface area contributed by atoms with Crippen LogP contribution in [0.2, 0.25) is 0 Å². The van der Waals surface area contributed by atoms with Crippen molar-refractivity contribution < 1.29 is 29.0 Å². The first-order valence-electron chi connectivity index (χ1n) is 6.66. The normalized spacial score (nSPS) is 10.7. The highest BCUT2D eigenvalue weighted by Crippen LogP contribution is 2.07. The molecule has 0 bridgehead atoms. The van der Waals surface area contributed by atoms with E-state index in [0.29, 0.717) is 0 Å². The Kier molecular flexibility index (Phi) is 5.91. The van der Waals surface area contributed by atoms with Crippen LogP contribution in [0.25, 0.3) is 0 Å². The second-order valence-electron chi connectivity index (χ2n) is 5.45. The summed E-state index contributed by atoms with van der Waals surface area (Å²) < 4.78 is 9.96. The first-order chi connectivity index (χ1) is 10.2. The van der Waals surface area contributed by atoms with Gasteiger partial charge in [0.15, 0.2) is 0 Å². The number of nitrogens with one attached hydrogen (secondary N) is 1. The Morgan fingerprint density at radius 3 is 2.41 bits per heavy atom. The van der Waals surface area contributed by atoms with E-state index in [1.807, 2.05) is 0 Å². The minimum absolute atomic E-state index is 0.00123. The van der Waals surface area contributed by atoms with E-state index in [-0.39, 0.29) is 24.3 Å². The van der Waals surface area contributed by atoms with Gasteiger partial charge < -0.3 is 19.9 Å². The van der Waals surface area contributed by atoms with E-state index < -0.39 is 23.6 Å². The summed E-state index contributed by atoms with van der Waals surface area (Å²) >= 11 is 0. The molecule has 0 aliphatic rings. The van der Waals surface area contributed by atoms with Crippen LogP contribution >= 0.6 is 0 Å². The summed E-state index contributed by atoms with van der Waals surface area (Å²) in [6, 6.07) is 5.52. The molecule has 0 saturated heterocycles. The third-order valence-corrected chi connectivity index (χ3v) is 2.35. The number of carbonyl (C=O) groups is 3. The molecule has 7 heteroatoms. The van der Waals surface area contributed by atoms with E-state index in [1.165, 1.54) is 24.3 Å². The number of ether oxygens (including phenoxy) is 2. The Bertz CT molecular complexity index is 561. The number of carbonyl (C=O) groups excluding carboxylic acids is 2. The maximum atomic E-state index is 11.7. The van der Waals surface area contributed by atoms with Gasteiger partial charge in [-0.25, -0.2) is 14.4 Å². The highest BCUT2D eigenvalue weighted by Gasteiger charge is 2.16. The fourth-order valence-electron chi connectivity index (χ4n) is 1.47. The van der Waals surface area contributed by atoms with E-state index >= 15 is 0 Å². The van der Waals surface area contributed by atoms with Gasteiger partial charge in [-0.2, -0.15) is 0 Å². The van der Waals surface area contributed by atoms with Crippen molar-refractivity contribution in [3.05, 3.63) is 35.4 Å². The zero-order chi connectivity index (χ0) is 16.8. The van der Waals surface area contributed by atoms with Crippen LogP contribution in [0.5, 0.6) is 0 Å². The van der Waals surface area contributed by atoms with Gasteiger partial charge in [-0.15, -0.1) is 0 Å². The van der Waals surface area contributed by atoms with Gasteiger partial charge in [-0.1, -0.05) is 6.07 Å². The average molecular weight is 309 g/mol. The fourth-order valence-corrected chi connectivity index (χ4v) is 1.47. The first kappa shape index (κ1) is 17.5. The molecule has 2 N–H and O–H groups in total. The van der Waals surface area contributed by atoms with Crippen LogP contribution in [-0.4, -0.2) is 41.9 Å². The second kappa shape index (κ2) is 7.44. The minimum atomic E-state index is -1.12. The third kappa shape index (κ3) is 6.25. The van der Waals surface area contributed by atoms with E-state index in [0.717, 1.165) is 0 Å². The second-order valence-corrected chi connectivity index (χ2v) is 5.45. The number of carboxylic acids is 1. The molecule has 0 unspecified atom stereocenters. The topological polar surface area (TPSA) is 102 Å². The lowest BCUT2D eigenvalue weighted by Gasteiger charge is -2.19. The van der Waals surface area contributed by atoms with Gasteiger partial charge >= 0.3 is 18.0 Å². The van der Waals surface area contributed by atoms with Gasteiger partial charge in [-0.05, 0) is 39.0 Å². The van der Waals surface area contributed by atoms with E-state index in [2.05, 4.69) is 5.32 Å². The van der Waals surface area contributed by atoms with Crippen molar-refractivity contribution in [1.82, 2.24) is 5.32 Å². The SMILES string of the molecule is CC(C)(C)OC(=O)NCCOC(=O)c1cccc(C(=O)O)c1. The predicted octanol–water partition coefficient (Wildman–Crippen LogP) is 2.07. The summed E-state index contributed by atoms with van der Waals surface area (Å²) in [5.41, 5.74) is -0.462. The van der Waals surface area contributed by atoms with E-state index in [9.17, 15) is 14.4 Å². The molecule has 0 heterocycles. The Labute approximate surface area is 128 Å². The highest BCUT2D eigenvalue weighted by molar-refractivity contribution is 5.94. The Morgan fingerprint density at radius 2 is 1.82 bits per heavy atom. The molecule has 1 aromatic rings. The zero-order valence-electron chi connectivity index (χ0n) is 12.7. The molecule has 0 fully saturated rings. The van der Waals surface area contributed by atoms with Crippen molar-refractivity contribution in [3.8, 4) is 0 Å². The van der Waals surface area contributed by atoms with Crippen molar-refractivity contribution in [3.63, 3.8) is 0 Å². The molecule has 1 amide bonds. The van der Waals surface area contributed by atoms with E-state index in [4.69, 9.17) is 14.6 Å². The molecule has 0 aliphatic carbocycles. The van der Waals surface area contributed by atoms with Gasteiger partial charge in [0.25, 0.3) is 0 Å². The number of alkyl carbamates (subject to hydrolysis) is 1. The van der Waals surface area contributed by atoms with Crippen LogP contribution in [0.3, 0.4) is 0 Å². The smallest absolute Gasteiger partial charge is 0.407 e. The Balaban J connectivity index is 2.39. The van der Waals surface area contributed by atoms with Crippen LogP contribution in [0.4, 0.5) is 4.79 Å². The number of esters is 1. The predicted molar refractivity (Wildman–Crippen MR) is 77.9 cm³/mol. The number of rotatable bonds is 5. The fraction of sp³-hybridized carbons (Fsp3) is 0.400. The van der Waals surface area contributed by atoms with Crippen molar-refractivity contribution >= 4 is 18.0 Å². The van der Waals surface area contributed by atoms with Gasteiger partial charge in [0, 0.05) is 0 Å². The molecule has 0 radical (unpaired) electrons. The lowest BCUT2D eigenvalue weighted by Crippen LogP contribution is -2.34. The van der Waals surface area contributed by atoms with Gasteiger partial charge in [0.05, 0.1) is 17.7 Å². The molecule has 0 aliphatic heterocycles. The van der Waals surface area contributed by atoms with Crippen LogP contribution < -0.4 is 5.32 Å². The number of hydrogen-bond donors (Lipinski definition) is 2. The van der Waals surface area contributed by atoms with Crippen molar-refractivity contribution in [2.24, 2.45) is 0 Å². The highest BCUT2D eigenvalue weighted by atomic mass is 16.6. The summed E-state index contributed by atoms with van der Waals surface area (Å²) in [6.07, 6.45) is -0.601. The molecule has 0 aromatic heterocycles. The molecule has 1 aromatic carbocycles. The summed E-state index contributed by atoms with van der Waals surface area (Å²) in [4.78, 5) is 33.9. The number of carboxylic acid groups (broad SMARTS) is 1. The summed E-state index contributed by atoms with van der Waals surface area (Å²) in [5.74, 6) is -1.78. The van der Waals surface area contributed by atoms with Crippen LogP contribution in [0.1, 0.15) is 41.5 Å². The average Bonchev–Trinajstić information content (AvgIpc) is 2.41. The lowest BCUT2D eigenvalue weighted by molar-refractivity contribution is 0.0433. The van der Waals surface area contributed by atoms with Crippen LogP contribution in [0.15, 0.2) is 24.3 Å². The monoisotopic (exact) mass is 309 g/mol. The molecule has 0 saturated carbocycles. The maximum absolute atomic E-state index is 11.7. The Morgan fingerprint density at radius 1 is 1.18 bits per heavy atom. The van der Waals surface area contributed by atoms with Crippen molar-refractivity contribution in [1.29, 1.82) is 0 Å². The van der Waals surface area contributed by atoms with E-state index in [1.54, 1.807) is 20.8 Å². The van der Waals surface area contributed by atoms with Gasteiger partial charge in [-0.3, -0.25) is 0 Å². The van der Waals surface area contributed by atoms with Crippen molar-refractivity contribution in [2.45, 2.75) is 26.4 Å².